The van der Waals surface area contributed by atoms with E-state index in [-0.39, 0.29) is 9.80 Å². The fraction of sp³-hybridized carbons (Fsp3) is 0.0455. The van der Waals surface area contributed by atoms with E-state index in [1.165, 1.54) is 18.2 Å². The first kappa shape index (κ1) is 18.4. The first-order chi connectivity index (χ1) is 13.1. The van der Waals surface area contributed by atoms with Crippen LogP contribution >= 0.6 is 0 Å². The minimum Gasteiger partial charge on any atom is -0.489 e. The van der Waals surface area contributed by atoms with Crippen molar-refractivity contribution in [3.05, 3.63) is 101 Å². The summed E-state index contributed by atoms with van der Waals surface area (Å²) in [6.45, 7) is 0.446. The van der Waals surface area contributed by atoms with Gasteiger partial charge in [0.15, 0.2) is 0 Å². The molecule has 3 rings (SSSR count). The Morgan fingerprint density at radius 3 is 2.07 bits per heavy atom. The van der Waals surface area contributed by atoms with Crippen molar-refractivity contribution in [2.45, 2.75) is 11.5 Å². The van der Waals surface area contributed by atoms with E-state index in [4.69, 9.17) is 4.74 Å². The molecule has 27 heavy (non-hydrogen) atoms. The number of hydrogen-bond donors (Lipinski definition) is 0. The first-order valence-electron chi connectivity index (χ1n) is 8.28. The largest absolute Gasteiger partial charge is 0.489 e. The second kappa shape index (κ2) is 8.35. The van der Waals surface area contributed by atoms with Gasteiger partial charge in [-0.25, -0.2) is 8.42 Å². The number of ether oxygens (including phenoxy) is 1. The molecule has 0 atom stereocenters. The van der Waals surface area contributed by atoms with Gasteiger partial charge in [-0.15, -0.1) is 0 Å². The maximum absolute atomic E-state index is 12.6. The quantitative estimate of drug-likeness (QED) is 0.590. The summed E-state index contributed by atoms with van der Waals surface area (Å²) in [7, 11) is -3.84. The summed E-state index contributed by atoms with van der Waals surface area (Å²) in [6, 6.07) is 26.4. The fourth-order valence-corrected chi connectivity index (χ4v) is 3.63. The maximum Gasteiger partial charge on any atom is 0.216 e. The molecule has 3 aromatic carbocycles. The second-order valence-corrected chi connectivity index (χ2v) is 7.70. The summed E-state index contributed by atoms with van der Waals surface area (Å²) < 4.78 is 30.9. The fourth-order valence-electron chi connectivity index (χ4n) is 2.45. The second-order valence-electron chi connectivity index (χ2n) is 5.78. The molecular weight excluding hydrogens is 358 g/mol. The zero-order valence-electron chi connectivity index (χ0n) is 14.4. The zero-order valence-corrected chi connectivity index (χ0v) is 15.3. The third-order valence-electron chi connectivity index (χ3n) is 3.88. The molecule has 5 heteroatoms. The average Bonchev–Trinajstić information content (AvgIpc) is 2.72. The lowest BCUT2D eigenvalue weighted by Crippen LogP contribution is -2.03. The predicted molar refractivity (Wildman–Crippen MR) is 104 cm³/mol. The van der Waals surface area contributed by atoms with Crippen LogP contribution in [-0.4, -0.2) is 8.42 Å². The lowest BCUT2D eigenvalue weighted by molar-refractivity contribution is 0.306. The Bertz CT molecular complexity index is 1070. The van der Waals surface area contributed by atoms with Gasteiger partial charge < -0.3 is 4.74 Å². The number of nitriles is 1. The molecule has 0 aliphatic rings. The van der Waals surface area contributed by atoms with Crippen LogP contribution in [0.4, 0.5) is 0 Å². The highest BCUT2D eigenvalue weighted by Gasteiger charge is 2.20. The van der Waals surface area contributed by atoms with Crippen molar-refractivity contribution in [1.82, 2.24) is 0 Å². The standard InChI is InChI=1S/C22H17NO3S/c23-16-22(27(24,25)21-9-5-2-6-10-21)15-18-11-13-20(14-12-18)26-17-19-7-3-1-4-8-19/h1-15H,17H2/b22-15-. The Hall–Kier alpha value is -3.36. The molecule has 0 aliphatic heterocycles. The van der Waals surface area contributed by atoms with E-state index in [0.29, 0.717) is 17.9 Å². The van der Waals surface area contributed by atoms with Crippen molar-refractivity contribution in [3.8, 4) is 11.8 Å². The van der Waals surface area contributed by atoms with E-state index < -0.39 is 9.84 Å². The molecule has 0 saturated carbocycles. The summed E-state index contributed by atoms with van der Waals surface area (Å²) in [6.07, 6.45) is 1.36. The number of nitrogens with zero attached hydrogens (tertiary/aromatic N) is 1. The van der Waals surface area contributed by atoms with Gasteiger partial charge in [0.25, 0.3) is 0 Å². The topological polar surface area (TPSA) is 67.2 Å². The smallest absolute Gasteiger partial charge is 0.216 e. The van der Waals surface area contributed by atoms with Crippen molar-refractivity contribution in [2.75, 3.05) is 0 Å². The molecule has 4 nitrogen and oxygen atoms in total. The van der Waals surface area contributed by atoms with E-state index in [9.17, 15) is 13.7 Å². The number of benzene rings is 3. The lowest BCUT2D eigenvalue weighted by Gasteiger charge is -2.07. The van der Waals surface area contributed by atoms with Crippen molar-refractivity contribution >= 4 is 15.9 Å². The molecule has 3 aromatic rings. The molecule has 0 spiro atoms. The van der Waals surface area contributed by atoms with Crippen LogP contribution < -0.4 is 4.74 Å². The number of rotatable bonds is 6. The van der Waals surface area contributed by atoms with E-state index in [1.54, 1.807) is 48.5 Å². The summed E-state index contributed by atoms with van der Waals surface area (Å²) in [5, 5.41) is 9.33. The van der Waals surface area contributed by atoms with Gasteiger partial charge in [0.2, 0.25) is 9.84 Å². The third kappa shape index (κ3) is 4.63. The molecule has 0 saturated heterocycles. The van der Waals surface area contributed by atoms with Crippen molar-refractivity contribution in [3.63, 3.8) is 0 Å². The van der Waals surface area contributed by atoms with Gasteiger partial charge in [0.1, 0.15) is 23.3 Å². The van der Waals surface area contributed by atoms with Gasteiger partial charge in [-0.3, -0.25) is 0 Å². The summed E-state index contributed by atoms with van der Waals surface area (Å²) in [4.78, 5) is -0.202. The SMILES string of the molecule is N#C/C(=C/c1ccc(OCc2ccccc2)cc1)S(=O)(=O)c1ccccc1. The molecule has 0 heterocycles. The van der Waals surface area contributed by atoms with Crippen molar-refractivity contribution in [1.29, 1.82) is 5.26 Å². The molecule has 0 unspecified atom stereocenters. The van der Waals surface area contributed by atoms with Gasteiger partial charge in [0.05, 0.1) is 4.90 Å². The Labute approximate surface area is 158 Å². The highest BCUT2D eigenvalue weighted by Crippen LogP contribution is 2.22. The van der Waals surface area contributed by atoms with Crippen molar-refractivity contribution in [2.24, 2.45) is 0 Å². The third-order valence-corrected chi connectivity index (χ3v) is 5.56. The Morgan fingerprint density at radius 1 is 0.889 bits per heavy atom. The Morgan fingerprint density at radius 2 is 1.48 bits per heavy atom. The highest BCUT2D eigenvalue weighted by molar-refractivity contribution is 7.95. The Balaban J connectivity index is 1.77. The van der Waals surface area contributed by atoms with E-state index >= 15 is 0 Å². The van der Waals surface area contributed by atoms with Crippen LogP contribution in [-0.2, 0) is 16.4 Å². The lowest BCUT2D eigenvalue weighted by atomic mass is 10.2. The van der Waals surface area contributed by atoms with Gasteiger partial charge in [-0.1, -0.05) is 60.7 Å². The van der Waals surface area contributed by atoms with Gasteiger partial charge in [-0.05, 0) is 41.5 Å². The predicted octanol–water partition coefficient (Wildman–Crippen LogP) is 4.60. The summed E-state index contributed by atoms with van der Waals surface area (Å²) in [5.74, 6) is 0.667. The van der Waals surface area contributed by atoms with Crippen LogP contribution in [0.3, 0.4) is 0 Å². The molecule has 0 aliphatic carbocycles. The highest BCUT2D eigenvalue weighted by atomic mass is 32.2. The molecule has 0 bridgehead atoms. The average molecular weight is 375 g/mol. The van der Waals surface area contributed by atoms with Crippen LogP contribution in [0.25, 0.3) is 6.08 Å². The van der Waals surface area contributed by atoms with Gasteiger partial charge in [-0.2, -0.15) is 5.26 Å². The number of hydrogen-bond acceptors (Lipinski definition) is 4. The van der Waals surface area contributed by atoms with Crippen LogP contribution in [0.1, 0.15) is 11.1 Å². The van der Waals surface area contributed by atoms with Crippen molar-refractivity contribution < 1.29 is 13.2 Å². The number of allylic oxidation sites excluding steroid dienone is 1. The monoisotopic (exact) mass is 375 g/mol. The Kier molecular flexibility index (Phi) is 5.70. The molecule has 0 aromatic heterocycles. The van der Waals surface area contributed by atoms with Gasteiger partial charge in [0, 0.05) is 0 Å². The molecule has 0 radical (unpaired) electrons. The van der Waals surface area contributed by atoms with Crippen LogP contribution in [0, 0.1) is 11.3 Å². The summed E-state index contributed by atoms with van der Waals surface area (Å²) in [5.41, 5.74) is 1.67. The molecule has 134 valence electrons. The first-order valence-corrected chi connectivity index (χ1v) is 9.76. The minimum atomic E-state index is -3.84. The molecule has 0 amide bonds. The van der Waals surface area contributed by atoms with Crippen LogP contribution in [0.15, 0.2) is 94.7 Å². The zero-order chi connectivity index (χ0) is 19.1. The van der Waals surface area contributed by atoms with E-state index in [2.05, 4.69) is 0 Å². The maximum atomic E-state index is 12.6. The van der Waals surface area contributed by atoms with Gasteiger partial charge >= 0.3 is 0 Å². The number of sulfone groups is 1. The molecule has 0 N–H and O–H groups in total. The molecular formula is C22H17NO3S. The van der Waals surface area contributed by atoms with E-state index in [0.717, 1.165) is 5.56 Å². The van der Waals surface area contributed by atoms with Crippen LogP contribution in [0.2, 0.25) is 0 Å². The van der Waals surface area contributed by atoms with E-state index in [1.807, 2.05) is 30.3 Å². The minimum absolute atomic E-state index is 0.0978. The normalized spacial score (nSPS) is 11.6. The summed E-state index contributed by atoms with van der Waals surface area (Å²) >= 11 is 0. The van der Waals surface area contributed by atoms with Crippen LogP contribution in [0.5, 0.6) is 5.75 Å². The molecule has 0 fully saturated rings.